The van der Waals surface area contributed by atoms with E-state index in [0.29, 0.717) is 26.2 Å². The number of ether oxygens (including phenoxy) is 2. The molecule has 25 heavy (non-hydrogen) atoms. The molecule has 0 radical (unpaired) electrons. The van der Waals surface area contributed by atoms with Crippen molar-refractivity contribution < 1.29 is 22.3 Å². The lowest BCUT2D eigenvalue weighted by Gasteiger charge is -2.38. The summed E-state index contributed by atoms with van der Waals surface area (Å²) < 4.78 is 53.5. The van der Waals surface area contributed by atoms with Crippen molar-refractivity contribution in [3.05, 3.63) is 42.5 Å². The molecule has 2 aliphatic rings. The smallest absolute Gasteiger partial charge is 0.246 e. The van der Waals surface area contributed by atoms with E-state index in [9.17, 15) is 12.8 Å². The molecule has 2 aromatic rings. The monoisotopic (exact) mass is 367 g/mol. The Morgan fingerprint density at radius 1 is 1.24 bits per heavy atom. The molecule has 0 N–H and O–H groups in total. The Morgan fingerprint density at radius 3 is 2.84 bits per heavy atom. The Balaban J connectivity index is 1.62. The van der Waals surface area contributed by atoms with Crippen molar-refractivity contribution in [3.63, 3.8) is 0 Å². The summed E-state index contributed by atoms with van der Waals surface area (Å²) in [5, 5.41) is 4.01. The van der Waals surface area contributed by atoms with Crippen LogP contribution in [0.2, 0.25) is 0 Å². The van der Waals surface area contributed by atoms with Gasteiger partial charge in [-0.3, -0.25) is 0 Å². The summed E-state index contributed by atoms with van der Waals surface area (Å²) in [6.45, 7) is 1.81. The van der Waals surface area contributed by atoms with Crippen LogP contribution < -0.4 is 0 Å². The Kier molecular flexibility index (Phi) is 4.11. The lowest BCUT2D eigenvalue weighted by atomic mass is 10.0. The second kappa shape index (κ2) is 6.17. The molecule has 0 amide bonds. The van der Waals surface area contributed by atoms with Crippen molar-refractivity contribution in [1.29, 1.82) is 0 Å². The molecule has 2 saturated heterocycles. The molecular formula is C16H18FN3O4S. The largest absolute Gasteiger partial charge is 0.378 e. The molecule has 1 spiro atoms. The van der Waals surface area contributed by atoms with Crippen molar-refractivity contribution in [1.82, 2.24) is 14.1 Å². The third kappa shape index (κ3) is 2.97. The maximum absolute atomic E-state index is 13.9. The zero-order valence-corrected chi connectivity index (χ0v) is 14.3. The van der Waals surface area contributed by atoms with E-state index < -0.39 is 21.4 Å². The van der Waals surface area contributed by atoms with Crippen LogP contribution in [0.1, 0.15) is 6.42 Å². The van der Waals surface area contributed by atoms with Crippen LogP contribution in [-0.2, 0) is 19.5 Å². The van der Waals surface area contributed by atoms with E-state index in [4.69, 9.17) is 9.47 Å². The topological polar surface area (TPSA) is 73.7 Å². The number of para-hydroxylation sites is 1. The standard InChI is InChI=1S/C16H18FN3O4S/c17-14-3-1-2-4-15(14)20-10-13(9-18-20)25(21,22)19-6-8-24-16(11-19)5-7-23-12-16/h1-4,9-10H,5-8,11-12H2. The van der Waals surface area contributed by atoms with E-state index in [-0.39, 0.29) is 23.7 Å². The average Bonchev–Trinajstić information content (AvgIpc) is 3.26. The first-order valence-electron chi connectivity index (χ1n) is 8.02. The fourth-order valence-corrected chi connectivity index (χ4v) is 4.63. The van der Waals surface area contributed by atoms with Crippen LogP contribution in [0.15, 0.2) is 41.6 Å². The molecule has 0 bridgehead atoms. The van der Waals surface area contributed by atoms with Crippen LogP contribution in [0.4, 0.5) is 4.39 Å². The first-order valence-corrected chi connectivity index (χ1v) is 9.46. The molecule has 9 heteroatoms. The molecule has 1 aromatic carbocycles. The molecule has 1 unspecified atom stereocenters. The Labute approximate surface area is 145 Å². The van der Waals surface area contributed by atoms with E-state index in [1.54, 1.807) is 18.2 Å². The van der Waals surface area contributed by atoms with E-state index in [1.807, 2.05) is 0 Å². The van der Waals surface area contributed by atoms with Crippen LogP contribution >= 0.6 is 0 Å². The number of hydrogen-bond donors (Lipinski definition) is 0. The minimum atomic E-state index is -3.73. The van der Waals surface area contributed by atoms with Gasteiger partial charge < -0.3 is 9.47 Å². The Bertz CT molecular complexity index is 877. The molecule has 0 aliphatic carbocycles. The first-order chi connectivity index (χ1) is 12.0. The fourth-order valence-electron chi connectivity index (χ4n) is 3.20. The van der Waals surface area contributed by atoms with Gasteiger partial charge in [0.15, 0.2) is 0 Å². The Morgan fingerprint density at radius 2 is 2.08 bits per heavy atom. The van der Waals surface area contributed by atoms with E-state index in [2.05, 4.69) is 5.10 Å². The van der Waals surface area contributed by atoms with Crippen molar-refractivity contribution >= 4 is 10.0 Å². The molecule has 1 atom stereocenters. The summed E-state index contributed by atoms with van der Waals surface area (Å²) >= 11 is 0. The third-order valence-corrected chi connectivity index (χ3v) is 6.37. The minimum absolute atomic E-state index is 0.0340. The first kappa shape index (κ1) is 16.6. The quantitative estimate of drug-likeness (QED) is 0.815. The summed E-state index contributed by atoms with van der Waals surface area (Å²) in [6, 6.07) is 6.08. The summed E-state index contributed by atoms with van der Waals surface area (Å²) in [4.78, 5) is 0.0340. The summed E-state index contributed by atoms with van der Waals surface area (Å²) in [6.07, 6.45) is 3.25. The highest BCUT2D eigenvalue weighted by Crippen LogP contribution is 2.30. The second-order valence-corrected chi connectivity index (χ2v) is 8.18. The molecule has 2 aliphatic heterocycles. The molecule has 134 valence electrons. The van der Waals surface area contributed by atoms with E-state index in [1.165, 1.54) is 27.4 Å². The highest BCUT2D eigenvalue weighted by Gasteiger charge is 2.44. The third-order valence-electron chi connectivity index (χ3n) is 4.58. The molecule has 1 aromatic heterocycles. The molecule has 2 fully saturated rings. The van der Waals surface area contributed by atoms with Gasteiger partial charge in [0.05, 0.1) is 25.6 Å². The maximum Gasteiger partial charge on any atom is 0.246 e. The van der Waals surface area contributed by atoms with Crippen LogP contribution in [0.5, 0.6) is 0 Å². The number of halogens is 1. The van der Waals surface area contributed by atoms with Crippen molar-refractivity contribution in [2.24, 2.45) is 0 Å². The number of hydrogen-bond acceptors (Lipinski definition) is 5. The van der Waals surface area contributed by atoms with Gasteiger partial charge in [0.25, 0.3) is 0 Å². The van der Waals surface area contributed by atoms with Crippen LogP contribution in [0, 0.1) is 5.82 Å². The van der Waals surface area contributed by atoms with Gasteiger partial charge in [-0.25, -0.2) is 17.5 Å². The normalized spacial score (nSPS) is 24.8. The van der Waals surface area contributed by atoms with Gasteiger partial charge >= 0.3 is 0 Å². The van der Waals surface area contributed by atoms with Crippen molar-refractivity contribution in [2.45, 2.75) is 16.9 Å². The van der Waals surface area contributed by atoms with Crippen molar-refractivity contribution in [3.8, 4) is 5.69 Å². The van der Waals surface area contributed by atoms with Crippen LogP contribution in [0.3, 0.4) is 0 Å². The predicted octanol–water partition coefficient (Wildman–Crippen LogP) is 1.19. The zero-order valence-electron chi connectivity index (χ0n) is 13.5. The molecule has 4 rings (SSSR count). The van der Waals surface area contributed by atoms with Crippen LogP contribution in [0.25, 0.3) is 5.69 Å². The number of rotatable bonds is 3. The average molecular weight is 367 g/mol. The van der Waals surface area contributed by atoms with Gasteiger partial charge in [0.1, 0.15) is 22.0 Å². The SMILES string of the molecule is O=S(=O)(c1cnn(-c2ccccc2F)c1)N1CCOC2(CCOC2)C1. The van der Waals surface area contributed by atoms with E-state index >= 15 is 0 Å². The number of nitrogens with zero attached hydrogens (tertiary/aromatic N) is 3. The lowest BCUT2D eigenvalue weighted by Crippen LogP contribution is -2.53. The van der Waals surface area contributed by atoms with Crippen molar-refractivity contribution in [2.75, 3.05) is 32.9 Å². The van der Waals surface area contributed by atoms with Gasteiger partial charge in [-0.2, -0.15) is 9.40 Å². The lowest BCUT2D eigenvalue weighted by molar-refractivity contribution is -0.0897. The van der Waals surface area contributed by atoms with Gasteiger partial charge in [0, 0.05) is 26.1 Å². The van der Waals surface area contributed by atoms with Gasteiger partial charge in [-0.05, 0) is 12.1 Å². The fraction of sp³-hybridized carbons (Fsp3) is 0.438. The van der Waals surface area contributed by atoms with Gasteiger partial charge in [-0.15, -0.1) is 0 Å². The van der Waals surface area contributed by atoms with Crippen LogP contribution in [-0.4, -0.2) is 61.0 Å². The van der Waals surface area contributed by atoms with E-state index in [0.717, 1.165) is 0 Å². The number of benzene rings is 1. The Hall–Kier alpha value is -1.81. The molecule has 0 saturated carbocycles. The second-order valence-electron chi connectivity index (χ2n) is 6.24. The van der Waals surface area contributed by atoms with Gasteiger partial charge in [0.2, 0.25) is 10.0 Å². The summed E-state index contributed by atoms with van der Waals surface area (Å²) in [5.41, 5.74) is -0.362. The highest BCUT2D eigenvalue weighted by molar-refractivity contribution is 7.89. The minimum Gasteiger partial charge on any atom is -0.378 e. The molecule has 7 nitrogen and oxygen atoms in total. The summed E-state index contributed by atoms with van der Waals surface area (Å²) in [5.74, 6) is -0.469. The zero-order chi connectivity index (χ0) is 17.5. The molecular weight excluding hydrogens is 349 g/mol. The highest BCUT2D eigenvalue weighted by atomic mass is 32.2. The predicted molar refractivity (Wildman–Crippen MR) is 86.4 cm³/mol. The summed E-state index contributed by atoms with van der Waals surface area (Å²) in [7, 11) is -3.73. The van der Waals surface area contributed by atoms with Gasteiger partial charge in [-0.1, -0.05) is 12.1 Å². The number of morpholine rings is 1. The number of sulfonamides is 1. The molecule has 3 heterocycles. The maximum atomic E-state index is 13.9. The number of aromatic nitrogens is 2.